The van der Waals surface area contributed by atoms with Gasteiger partial charge < -0.3 is 10.1 Å². The van der Waals surface area contributed by atoms with Crippen LogP contribution in [-0.4, -0.2) is 12.0 Å². The van der Waals surface area contributed by atoms with E-state index in [1.807, 2.05) is 73.7 Å². The predicted octanol–water partition coefficient (Wildman–Crippen LogP) is 5.40. The minimum absolute atomic E-state index is 0.146. The molecule has 122 valence electrons. The van der Waals surface area contributed by atoms with Crippen molar-refractivity contribution in [3.05, 3.63) is 71.2 Å². The second-order valence-electron chi connectivity index (χ2n) is 5.49. The number of hydrogen-bond acceptors (Lipinski definition) is 2. The second kappa shape index (κ2) is 7.49. The summed E-state index contributed by atoms with van der Waals surface area (Å²) < 4.78 is 6.99. The van der Waals surface area contributed by atoms with E-state index in [2.05, 4.69) is 21.2 Å². The van der Waals surface area contributed by atoms with Crippen LogP contribution in [0.5, 0.6) is 5.75 Å². The van der Waals surface area contributed by atoms with E-state index >= 15 is 0 Å². The molecule has 0 saturated heterocycles. The van der Waals surface area contributed by atoms with Crippen molar-refractivity contribution in [3.63, 3.8) is 0 Å². The fraction of sp³-hybridized carbons (Fsp3) is 0.150. The summed E-state index contributed by atoms with van der Waals surface area (Å²) in [6, 6.07) is 21.4. The molecule has 3 nitrogen and oxygen atoms in total. The van der Waals surface area contributed by atoms with E-state index in [9.17, 15) is 4.79 Å². The van der Waals surface area contributed by atoms with Crippen molar-refractivity contribution >= 4 is 38.3 Å². The molecule has 0 fully saturated rings. The molecule has 0 aliphatic carbocycles. The van der Waals surface area contributed by atoms with Gasteiger partial charge in [0.05, 0.1) is 0 Å². The highest BCUT2D eigenvalue weighted by Gasteiger charge is 2.19. The van der Waals surface area contributed by atoms with Gasteiger partial charge in [0, 0.05) is 15.5 Å². The van der Waals surface area contributed by atoms with Gasteiger partial charge in [-0.3, -0.25) is 4.79 Å². The van der Waals surface area contributed by atoms with Crippen LogP contribution >= 0.6 is 15.9 Å². The highest BCUT2D eigenvalue weighted by Crippen LogP contribution is 2.26. The van der Waals surface area contributed by atoms with Crippen molar-refractivity contribution in [3.8, 4) is 5.75 Å². The molecule has 0 spiro atoms. The van der Waals surface area contributed by atoms with Crippen LogP contribution in [0.2, 0.25) is 0 Å². The van der Waals surface area contributed by atoms with Gasteiger partial charge in [-0.15, -0.1) is 0 Å². The molecule has 4 heteroatoms. The van der Waals surface area contributed by atoms with Gasteiger partial charge in [-0.2, -0.15) is 0 Å². The summed E-state index contributed by atoms with van der Waals surface area (Å²) in [7, 11) is 0. The Morgan fingerprint density at radius 3 is 2.50 bits per heavy atom. The van der Waals surface area contributed by atoms with Crippen LogP contribution < -0.4 is 10.1 Å². The lowest BCUT2D eigenvalue weighted by atomic mass is 10.1. The number of nitrogens with one attached hydrogen (secondary N) is 1. The first-order valence-electron chi connectivity index (χ1n) is 7.88. The molecule has 0 aliphatic heterocycles. The average Bonchev–Trinajstić information content (AvgIpc) is 2.61. The van der Waals surface area contributed by atoms with Crippen molar-refractivity contribution < 1.29 is 9.53 Å². The standard InChI is InChI=1S/C20H18BrNO2/c1-2-18(20(23)22-16-12-10-15(21)11-13-16)24-19-9-5-7-14-6-3-4-8-17(14)19/h3-13,18H,2H2,1H3,(H,22,23)/t18-/m1/s1. The first-order valence-corrected chi connectivity index (χ1v) is 8.67. The number of halogens is 1. The molecule has 0 aromatic heterocycles. The summed E-state index contributed by atoms with van der Waals surface area (Å²) in [6.45, 7) is 1.94. The lowest BCUT2D eigenvalue weighted by Gasteiger charge is -2.18. The summed E-state index contributed by atoms with van der Waals surface area (Å²) in [5.41, 5.74) is 0.753. The molecule has 0 saturated carbocycles. The van der Waals surface area contributed by atoms with E-state index in [0.29, 0.717) is 6.42 Å². The molecule has 0 aliphatic rings. The molecule has 1 N–H and O–H groups in total. The molecule has 1 atom stereocenters. The monoisotopic (exact) mass is 383 g/mol. The van der Waals surface area contributed by atoms with Crippen molar-refractivity contribution in [1.82, 2.24) is 0 Å². The molecule has 1 amide bonds. The molecule has 3 aromatic carbocycles. The SMILES string of the molecule is CC[C@@H](Oc1cccc2ccccc12)C(=O)Nc1ccc(Br)cc1. The number of amides is 1. The summed E-state index contributed by atoms with van der Waals surface area (Å²) in [6.07, 6.45) is 0.0467. The third kappa shape index (κ3) is 3.77. The van der Waals surface area contributed by atoms with Crippen LogP contribution in [0.1, 0.15) is 13.3 Å². The maximum atomic E-state index is 12.5. The molecule has 0 heterocycles. The minimum atomic E-state index is -0.542. The van der Waals surface area contributed by atoms with Crippen LogP contribution in [0.4, 0.5) is 5.69 Å². The summed E-state index contributed by atoms with van der Waals surface area (Å²) in [5.74, 6) is 0.582. The fourth-order valence-electron chi connectivity index (χ4n) is 2.53. The van der Waals surface area contributed by atoms with Gasteiger partial charge in [-0.25, -0.2) is 0 Å². The zero-order valence-corrected chi connectivity index (χ0v) is 14.9. The Morgan fingerprint density at radius 2 is 1.75 bits per heavy atom. The van der Waals surface area contributed by atoms with E-state index < -0.39 is 6.10 Å². The summed E-state index contributed by atoms with van der Waals surface area (Å²) in [4.78, 5) is 12.5. The van der Waals surface area contributed by atoms with Gasteiger partial charge in [-0.1, -0.05) is 59.3 Å². The number of carbonyl (C=O) groups is 1. The smallest absolute Gasteiger partial charge is 0.265 e. The summed E-state index contributed by atoms with van der Waals surface area (Å²) in [5, 5.41) is 5.01. The van der Waals surface area contributed by atoms with Crippen LogP contribution in [0, 0.1) is 0 Å². The molecular formula is C20H18BrNO2. The molecule has 0 radical (unpaired) electrons. The van der Waals surface area contributed by atoms with Crippen molar-refractivity contribution in [2.45, 2.75) is 19.4 Å². The lowest BCUT2D eigenvalue weighted by molar-refractivity contribution is -0.122. The largest absolute Gasteiger partial charge is 0.480 e. The van der Waals surface area contributed by atoms with Crippen LogP contribution in [0.3, 0.4) is 0 Å². The quantitative estimate of drug-likeness (QED) is 0.640. The molecule has 3 aromatic rings. The fourth-order valence-corrected chi connectivity index (χ4v) is 2.79. The molecule has 0 bridgehead atoms. The molecule has 3 rings (SSSR count). The number of hydrogen-bond donors (Lipinski definition) is 1. The van der Waals surface area contributed by atoms with E-state index in [1.54, 1.807) is 0 Å². The number of ether oxygens (including phenoxy) is 1. The Balaban J connectivity index is 1.78. The number of anilines is 1. The highest BCUT2D eigenvalue weighted by atomic mass is 79.9. The average molecular weight is 384 g/mol. The Morgan fingerprint density at radius 1 is 1.04 bits per heavy atom. The summed E-state index contributed by atoms with van der Waals surface area (Å²) >= 11 is 3.38. The molecule has 0 unspecified atom stereocenters. The maximum Gasteiger partial charge on any atom is 0.265 e. The molecular weight excluding hydrogens is 366 g/mol. The second-order valence-corrected chi connectivity index (χ2v) is 6.40. The van der Waals surface area contributed by atoms with Gasteiger partial charge in [0.15, 0.2) is 6.10 Å². The van der Waals surface area contributed by atoms with Gasteiger partial charge >= 0.3 is 0 Å². The highest BCUT2D eigenvalue weighted by molar-refractivity contribution is 9.10. The zero-order valence-electron chi connectivity index (χ0n) is 13.3. The third-order valence-corrected chi connectivity index (χ3v) is 4.32. The van der Waals surface area contributed by atoms with Gasteiger partial charge in [0.2, 0.25) is 0 Å². The topological polar surface area (TPSA) is 38.3 Å². The number of rotatable bonds is 5. The van der Waals surface area contributed by atoms with E-state index in [1.165, 1.54) is 0 Å². The van der Waals surface area contributed by atoms with E-state index in [4.69, 9.17) is 4.74 Å². The first-order chi connectivity index (χ1) is 11.7. The van der Waals surface area contributed by atoms with Crippen LogP contribution in [-0.2, 0) is 4.79 Å². The Labute approximate surface area is 149 Å². The van der Waals surface area contributed by atoms with Crippen molar-refractivity contribution in [2.24, 2.45) is 0 Å². The maximum absolute atomic E-state index is 12.5. The van der Waals surface area contributed by atoms with E-state index in [0.717, 1.165) is 26.7 Å². The van der Waals surface area contributed by atoms with Gasteiger partial charge in [0.25, 0.3) is 5.91 Å². The van der Waals surface area contributed by atoms with Gasteiger partial charge in [-0.05, 0) is 42.1 Å². The Hall–Kier alpha value is -2.33. The van der Waals surface area contributed by atoms with Crippen LogP contribution in [0.15, 0.2) is 71.2 Å². The third-order valence-electron chi connectivity index (χ3n) is 3.79. The zero-order chi connectivity index (χ0) is 16.9. The van der Waals surface area contributed by atoms with Crippen molar-refractivity contribution in [1.29, 1.82) is 0 Å². The lowest BCUT2D eigenvalue weighted by Crippen LogP contribution is -2.32. The minimum Gasteiger partial charge on any atom is -0.480 e. The first kappa shape index (κ1) is 16.5. The number of benzene rings is 3. The van der Waals surface area contributed by atoms with Gasteiger partial charge in [0.1, 0.15) is 5.75 Å². The Bertz CT molecular complexity index is 840. The number of fused-ring (bicyclic) bond motifs is 1. The number of carbonyl (C=O) groups excluding carboxylic acids is 1. The normalized spacial score (nSPS) is 11.9. The van der Waals surface area contributed by atoms with Crippen LogP contribution in [0.25, 0.3) is 10.8 Å². The predicted molar refractivity (Wildman–Crippen MR) is 101 cm³/mol. The van der Waals surface area contributed by atoms with E-state index in [-0.39, 0.29) is 5.91 Å². The molecule has 24 heavy (non-hydrogen) atoms. The van der Waals surface area contributed by atoms with Crippen molar-refractivity contribution in [2.75, 3.05) is 5.32 Å². The Kier molecular flexibility index (Phi) is 5.16.